The minimum atomic E-state index is -3.80. The van der Waals surface area contributed by atoms with E-state index >= 15 is 0 Å². The highest BCUT2D eigenvalue weighted by molar-refractivity contribution is 7.89. The summed E-state index contributed by atoms with van der Waals surface area (Å²) in [6, 6.07) is 1.37. The molecule has 21 heavy (non-hydrogen) atoms. The molecule has 0 aromatic carbocycles. The van der Waals surface area contributed by atoms with E-state index in [0.29, 0.717) is 18.2 Å². The van der Waals surface area contributed by atoms with Gasteiger partial charge in [0.15, 0.2) is 0 Å². The maximum atomic E-state index is 12.7. The fourth-order valence-corrected chi connectivity index (χ4v) is 3.28. The van der Waals surface area contributed by atoms with Gasteiger partial charge in [-0.25, -0.2) is 13.6 Å². The molecule has 1 saturated heterocycles. The van der Waals surface area contributed by atoms with Gasteiger partial charge in [-0.05, 0) is 38.7 Å². The molecule has 1 unspecified atom stereocenters. The molecule has 1 aliphatic rings. The third kappa shape index (κ3) is 3.47. The van der Waals surface area contributed by atoms with E-state index in [1.165, 1.54) is 12.3 Å². The molecular weight excluding hydrogens is 290 g/mol. The molecular formula is C14H23N3O3S. The SMILES string of the molecule is CC1CCCN(C(=O)c2cc(S(N)(=O)=O)cn2C(C)C)C1. The van der Waals surface area contributed by atoms with Crippen molar-refractivity contribution in [2.24, 2.45) is 11.1 Å². The Morgan fingerprint density at radius 3 is 2.62 bits per heavy atom. The third-order valence-electron chi connectivity index (χ3n) is 3.87. The quantitative estimate of drug-likeness (QED) is 0.919. The largest absolute Gasteiger partial charge is 0.340 e. The number of primary sulfonamides is 1. The first-order valence-corrected chi connectivity index (χ1v) is 8.78. The van der Waals surface area contributed by atoms with Gasteiger partial charge in [0.05, 0.1) is 0 Å². The number of piperidine rings is 1. The van der Waals surface area contributed by atoms with E-state index < -0.39 is 10.0 Å². The molecule has 0 spiro atoms. The van der Waals surface area contributed by atoms with E-state index in [1.54, 1.807) is 9.47 Å². The molecule has 2 heterocycles. The fraction of sp³-hybridized carbons (Fsp3) is 0.643. The van der Waals surface area contributed by atoms with Crippen LogP contribution in [-0.4, -0.2) is 36.9 Å². The molecule has 1 atom stereocenters. The number of aromatic nitrogens is 1. The first-order valence-electron chi connectivity index (χ1n) is 7.24. The Balaban J connectivity index is 2.37. The van der Waals surface area contributed by atoms with Gasteiger partial charge in [-0.3, -0.25) is 4.79 Å². The summed E-state index contributed by atoms with van der Waals surface area (Å²) in [5.74, 6) is 0.355. The Labute approximate surface area is 126 Å². The number of nitrogens with two attached hydrogens (primary N) is 1. The van der Waals surface area contributed by atoms with Crippen molar-refractivity contribution in [1.82, 2.24) is 9.47 Å². The lowest BCUT2D eigenvalue weighted by Crippen LogP contribution is -2.40. The van der Waals surface area contributed by atoms with Crippen molar-refractivity contribution in [1.29, 1.82) is 0 Å². The monoisotopic (exact) mass is 313 g/mol. The predicted molar refractivity (Wildman–Crippen MR) is 80.5 cm³/mol. The van der Waals surface area contributed by atoms with Gasteiger partial charge in [0.2, 0.25) is 10.0 Å². The molecule has 1 aromatic heterocycles. The van der Waals surface area contributed by atoms with Gasteiger partial charge in [0, 0.05) is 25.3 Å². The summed E-state index contributed by atoms with van der Waals surface area (Å²) in [6.07, 6.45) is 3.55. The Kier molecular flexibility index (Phi) is 4.43. The molecule has 2 N–H and O–H groups in total. The number of hydrogen-bond acceptors (Lipinski definition) is 3. The molecule has 0 aliphatic carbocycles. The molecule has 1 aliphatic heterocycles. The molecule has 0 bridgehead atoms. The fourth-order valence-electron chi connectivity index (χ4n) is 2.74. The first kappa shape index (κ1) is 16.0. The summed E-state index contributed by atoms with van der Waals surface area (Å²) in [7, 11) is -3.80. The van der Waals surface area contributed by atoms with E-state index in [2.05, 4.69) is 6.92 Å². The van der Waals surface area contributed by atoms with Crippen molar-refractivity contribution in [2.45, 2.75) is 44.6 Å². The molecule has 1 aromatic rings. The van der Waals surface area contributed by atoms with Gasteiger partial charge < -0.3 is 9.47 Å². The highest BCUT2D eigenvalue weighted by Crippen LogP contribution is 2.22. The van der Waals surface area contributed by atoms with Gasteiger partial charge >= 0.3 is 0 Å². The average molecular weight is 313 g/mol. The maximum absolute atomic E-state index is 12.7. The second-order valence-electron chi connectivity index (χ2n) is 6.11. The molecule has 1 fully saturated rings. The van der Waals surface area contributed by atoms with E-state index in [9.17, 15) is 13.2 Å². The summed E-state index contributed by atoms with van der Waals surface area (Å²) >= 11 is 0. The van der Waals surface area contributed by atoms with Crippen LogP contribution in [0.4, 0.5) is 0 Å². The Bertz CT molecular complexity index is 634. The molecule has 7 heteroatoms. The van der Waals surface area contributed by atoms with Gasteiger partial charge in [-0.15, -0.1) is 0 Å². The van der Waals surface area contributed by atoms with Crippen LogP contribution in [0.3, 0.4) is 0 Å². The zero-order chi connectivity index (χ0) is 15.8. The van der Waals surface area contributed by atoms with Crippen LogP contribution in [0.5, 0.6) is 0 Å². The summed E-state index contributed by atoms with van der Waals surface area (Å²) in [4.78, 5) is 14.5. The number of carbonyl (C=O) groups excluding carboxylic acids is 1. The minimum absolute atomic E-state index is 0.00962. The van der Waals surface area contributed by atoms with Crippen molar-refractivity contribution in [3.8, 4) is 0 Å². The van der Waals surface area contributed by atoms with Crippen LogP contribution in [0.1, 0.15) is 50.1 Å². The number of hydrogen-bond donors (Lipinski definition) is 1. The molecule has 0 saturated carbocycles. The number of amides is 1. The van der Waals surface area contributed by atoms with E-state index in [4.69, 9.17) is 5.14 Å². The molecule has 2 rings (SSSR count). The topological polar surface area (TPSA) is 85.4 Å². The Morgan fingerprint density at radius 2 is 2.10 bits per heavy atom. The maximum Gasteiger partial charge on any atom is 0.270 e. The number of likely N-dealkylation sites (tertiary alicyclic amines) is 1. The van der Waals surface area contributed by atoms with Crippen molar-refractivity contribution in [3.63, 3.8) is 0 Å². The van der Waals surface area contributed by atoms with Crippen molar-refractivity contribution >= 4 is 15.9 Å². The lowest BCUT2D eigenvalue weighted by Gasteiger charge is -2.31. The summed E-state index contributed by atoms with van der Waals surface area (Å²) in [5.41, 5.74) is 0.392. The highest BCUT2D eigenvalue weighted by Gasteiger charge is 2.26. The van der Waals surface area contributed by atoms with Crippen LogP contribution < -0.4 is 5.14 Å². The smallest absolute Gasteiger partial charge is 0.270 e. The Morgan fingerprint density at radius 1 is 1.43 bits per heavy atom. The number of carbonyl (C=O) groups is 1. The van der Waals surface area contributed by atoms with Crippen LogP contribution >= 0.6 is 0 Å². The predicted octanol–water partition coefficient (Wildman–Crippen LogP) is 1.59. The summed E-state index contributed by atoms with van der Waals surface area (Å²) in [6.45, 7) is 7.37. The number of rotatable bonds is 3. The van der Waals surface area contributed by atoms with Crippen molar-refractivity contribution in [2.75, 3.05) is 13.1 Å². The van der Waals surface area contributed by atoms with E-state index in [-0.39, 0.29) is 16.8 Å². The summed E-state index contributed by atoms with van der Waals surface area (Å²) < 4.78 is 24.7. The van der Waals surface area contributed by atoms with Gasteiger partial charge in [0.1, 0.15) is 10.6 Å². The van der Waals surface area contributed by atoms with Gasteiger partial charge in [0.25, 0.3) is 5.91 Å². The summed E-state index contributed by atoms with van der Waals surface area (Å²) in [5, 5.41) is 5.17. The Hall–Kier alpha value is -1.34. The van der Waals surface area contributed by atoms with E-state index in [1.807, 2.05) is 13.8 Å². The zero-order valence-electron chi connectivity index (χ0n) is 12.7. The van der Waals surface area contributed by atoms with Crippen LogP contribution in [0.25, 0.3) is 0 Å². The minimum Gasteiger partial charge on any atom is -0.340 e. The lowest BCUT2D eigenvalue weighted by atomic mass is 10.00. The number of nitrogens with zero attached hydrogens (tertiary/aromatic N) is 2. The van der Waals surface area contributed by atoms with E-state index in [0.717, 1.165) is 19.4 Å². The molecule has 118 valence electrons. The second kappa shape index (κ2) is 5.81. The van der Waals surface area contributed by atoms with Crippen molar-refractivity contribution < 1.29 is 13.2 Å². The first-order chi connectivity index (χ1) is 9.70. The van der Waals surface area contributed by atoms with Crippen LogP contribution in [0.15, 0.2) is 17.2 Å². The normalized spacial score (nSPS) is 20.0. The van der Waals surface area contributed by atoms with Crippen LogP contribution in [0.2, 0.25) is 0 Å². The van der Waals surface area contributed by atoms with Gasteiger partial charge in [-0.1, -0.05) is 6.92 Å². The second-order valence-corrected chi connectivity index (χ2v) is 7.67. The van der Waals surface area contributed by atoms with Crippen molar-refractivity contribution in [3.05, 3.63) is 18.0 Å². The number of sulfonamides is 1. The van der Waals surface area contributed by atoms with Crippen LogP contribution in [-0.2, 0) is 10.0 Å². The zero-order valence-corrected chi connectivity index (χ0v) is 13.6. The molecule has 1 amide bonds. The molecule has 0 radical (unpaired) electrons. The molecule has 6 nitrogen and oxygen atoms in total. The standard InChI is InChI=1S/C14H23N3O3S/c1-10(2)17-9-12(21(15,19)20)7-13(17)14(18)16-6-4-5-11(3)8-16/h7,9-11H,4-6,8H2,1-3H3,(H2,15,19,20). The lowest BCUT2D eigenvalue weighted by molar-refractivity contribution is 0.0670. The third-order valence-corrected chi connectivity index (χ3v) is 4.75. The van der Waals surface area contributed by atoms with Crippen LogP contribution in [0, 0.1) is 5.92 Å². The highest BCUT2D eigenvalue weighted by atomic mass is 32.2. The van der Waals surface area contributed by atoms with Gasteiger partial charge in [-0.2, -0.15) is 0 Å². The average Bonchev–Trinajstić information content (AvgIpc) is 2.82.